The third-order valence-electron chi connectivity index (χ3n) is 11.4. The number of benzene rings is 2. The van der Waals surface area contributed by atoms with Gasteiger partial charge in [-0.15, -0.1) is 0 Å². The Labute approximate surface area is 341 Å². The van der Waals surface area contributed by atoms with Gasteiger partial charge in [0.25, 0.3) is 0 Å². The van der Waals surface area contributed by atoms with Crippen molar-refractivity contribution in [1.82, 2.24) is 50.3 Å². The molecule has 5 atom stereocenters. The van der Waals surface area contributed by atoms with Gasteiger partial charge in [0.1, 0.15) is 23.7 Å². The highest BCUT2D eigenvalue weighted by molar-refractivity contribution is 5.88. The van der Waals surface area contributed by atoms with E-state index < -0.39 is 41.8 Å². The van der Waals surface area contributed by atoms with Crippen LogP contribution in [0.2, 0.25) is 0 Å². The summed E-state index contributed by atoms with van der Waals surface area (Å²) in [6.07, 6.45) is 5.62. The van der Waals surface area contributed by atoms with Gasteiger partial charge in [0.05, 0.1) is 78.6 Å². The Balaban J connectivity index is 1.03. The second-order valence-electron chi connectivity index (χ2n) is 15.6. The summed E-state index contributed by atoms with van der Waals surface area (Å²) in [6, 6.07) is 11.5. The number of rotatable bonds is 11. The number of hydrogen-bond acceptors (Lipinski definition) is 11. The normalized spacial score (nSPS) is 19.4. The van der Waals surface area contributed by atoms with Crippen molar-refractivity contribution < 1.29 is 33.8 Å². The lowest BCUT2D eigenvalue weighted by molar-refractivity contribution is -0.139. The van der Waals surface area contributed by atoms with Crippen molar-refractivity contribution in [3.05, 3.63) is 72.7 Å². The fraction of sp³-hybridized carbons (Fsp3) is 0.429. The zero-order valence-corrected chi connectivity index (χ0v) is 34.0. The summed E-state index contributed by atoms with van der Waals surface area (Å²) >= 11 is 0. The number of aliphatic hydroxyl groups is 1. The number of nitrogens with one attached hydrogen (secondary N) is 4. The van der Waals surface area contributed by atoms with Crippen LogP contribution in [0.15, 0.2) is 61.1 Å². The Hall–Kier alpha value is -6.36. The van der Waals surface area contributed by atoms with Crippen LogP contribution in [0, 0.1) is 5.92 Å². The molecule has 0 bridgehead atoms. The molecule has 5 heterocycles. The Bertz CT molecular complexity index is 2320. The van der Waals surface area contributed by atoms with Crippen molar-refractivity contribution in [1.29, 1.82) is 0 Å². The first-order valence-corrected chi connectivity index (χ1v) is 19.8. The van der Waals surface area contributed by atoms with E-state index >= 15 is 0 Å². The first kappa shape index (κ1) is 40.8. The smallest absolute Gasteiger partial charge is 0.407 e. The fourth-order valence-corrected chi connectivity index (χ4v) is 8.02. The number of carbonyl (C=O) groups is 4. The van der Waals surface area contributed by atoms with Gasteiger partial charge in [-0.25, -0.2) is 19.6 Å². The van der Waals surface area contributed by atoms with Crippen molar-refractivity contribution in [3.8, 4) is 33.8 Å². The molecule has 0 saturated carbocycles. The second kappa shape index (κ2) is 16.9. The maximum atomic E-state index is 13.8. The SMILES string of the molecule is COC(=O)NC(C(=O)N1CCCC1(C)c1nc2ccc(-c3cnc(-c4ccc(-c5cnc(C6CCCN6C(=O)C(NC(=O)OC)C(C)O)[nH]5)cc4)cn3)cc2[nH]1)C(C)C. The molecule has 0 radical (unpaired) electrons. The average Bonchev–Trinajstić information content (AvgIpc) is 4.07. The Morgan fingerprint density at radius 3 is 2.10 bits per heavy atom. The highest BCUT2D eigenvalue weighted by Gasteiger charge is 2.46. The number of methoxy groups -OCH3 is 2. The van der Waals surface area contributed by atoms with Gasteiger partial charge in [-0.05, 0) is 63.1 Å². The topological polar surface area (TPSA) is 221 Å². The molecule has 17 heteroatoms. The molecule has 2 fully saturated rings. The number of hydrogen-bond donors (Lipinski definition) is 5. The molecule has 0 aliphatic carbocycles. The lowest BCUT2D eigenvalue weighted by atomic mass is 9.95. The van der Waals surface area contributed by atoms with Gasteiger partial charge in [-0.1, -0.05) is 44.2 Å². The van der Waals surface area contributed by atoms with Crippen LogP contribution in [0.1, 0.15) is 71.1 Å². The van der Waals surface area contributed by atoms with E-state index in [0.29, 0.717) is 42.5 Å². The van der Waals surface area contributed by atoms with Crippen LogP contribution in [0.3, 0.4) is 0 Å². The number of alkyl carbamates (subject to hydrolysis) is 2. The van der Waals surface area contributed by atoms with Crippen molar-refractivity contribution in [3.63, 3.8) is 0 Å². The van der Waals surface area contributed by atoms with Crippen molar-refractivity contribution in [2.45, 2.75) is 83.1 Å². The van der Waals surface area contributed by atoms with Crippen LogP contribution < -0.4 is 10.6 Å². The molecule has 4 amide bonds. The van der Waals surface area contributed by atoms with E-state index in [1.807, 2.05) is 68.1 Å². The van der Waals surface area contributed by atoms with Gasteiger partial charge in [0.2, 0.25) is 11.8 Å². The van der Waals surface area contributed by atoms with Crippen LogP contribution >= 0.6 is 0 Å². The largest absolute Gasteiger partial charge is 0.453 e. The minimum absolute atomic E-state index is 0.139. The summed E-state index contributed by atoms with van der Waals surface area (Å²) in [6.45, 7) is 8.26. The van der Waals surface area contributed by atoms with E-state index in [4.69, 9.17) is 19.7 Å². The minimum atomic E-state index is -1.14. The highest BCUT2D eigenvalue weighted by Crippen LogP contribution is 2.39. The number of aliphatic hydroxyl groups excluding tert-OH is 1. The second-order valence-corrected chi connectivity index (χ2v) is 15.6. The summed E-state index contributed by atoms with van der Waals surface area (Å²) in [5, 5.41) is 15.4. The number of ether oxygens (including phenoxy) is 2. The fourth-order valence-electron chi connectivity index (χ4n) is 8.02. The number of H-pyrrole nitrogens is 2. The van der Waals surface area contributed by atoms with Crippen LogP contribution in [-0.4, -0.2) is 114 Å². The third kappa shape index (κ3) is 8.19. The van der Waals surface area contributed by atoms with Crippen molar-refractivity contribution >= 4 is 35.0 Å². The molecule has 7 rings (SSSR count). The predicted molar refractivity (Wildman–Crippen MR) is 217 cm³/mol. The van der Waals surface area contributed by atoms with E-state index in [1.165, 1.54) is 21.1 Å². The van der Waals surface area contributed by atoms with Crippen LogP contribution in [0.25, 0.3) is 44.8 Å². The van der Waals surface area contributed by atoms with Crippen LogP contribution in [-0.2, 0) is 24.6 Å². The summed E-state index contributed by atoms with van der Waals surface area (Å²) in [5.41, 5.74) is 5.67. The monoisotopic (exact) mass is 806 g/mol. The number of likely N-dealkylation sites (tertiary alicyclic amines) is 2. The Kier molecular flexibility index (Phi) is 11.7. The number of aromatic amines is 2. The third-order valence-corrected chi connectivity index (χ3v) is 11.4. The number of fused-ring (bicyclic) bond motifs is 1. The molecule has 0 spiro atoms. The van der Waals surface area contributed by atoms with Gasteiger partial charge in [0.15, 0.2) is 0 Å². The molecular formula is C42H50N10O7. The van der Waals surface area contributed by atoms with E-state index in [0.717, 1.165) is 52.7 Å². The summed E-state index contributed by atoms with van der Waals surface area (Å²) in [7, 11) is 2.48. The highest BCUT2D eigenvalue weighted by atomic mass is 16.5. The molecule has 2 aliphatic rings. The number of aromatic nitrogens is 6. The maximum absolute atomic E-state index is 13.8. The van der Waals surface area contributed by atoms with Crippen molar-refractivity contribution in [2.75, 3.05) is 27.3 Å². The summed E-state index contributed by atoms with van der Waals surface area (Å²) in [5.74, 6) is 0.590. The Morgan fingerprint density at radius 1 is 0.814 bits per heavy atom. The standard InChI is InChI=1S/C42H50N10O7/c1-23(2)34(49-40(56)58-5)38(55)52-18-8-16-42(52,4)39-47-28-15-14-27(19-29(28)48-39)31-21-43-30(20-44-31)25-10-12-26(13-11-25)32-22-45-36(46-32)33-9-7-17-51(33)37(54)35(24(3)53)50-41(57)59-6/h10-15,19-24,33-35,53H,7-9,16-18H2,1-6H3,(H,45,46)(H,47,48)(H,49,56)(H,50,57). The first-order chi connectivity index (χ1) is 28.3. The molecule has 2 aliphatic heterocycles. The van der Waals surface area contributed by atoms with Crippen LogP contribution in [0.5, 0.6) is 0 Å². The van der Waals surface area contributed by atoms with Gasteiger partial charge >= 0.3 is 12.2 Å². The molecule has 3 aromatic heterocycles. The van der Waals surface area contributed by atoms with Crippen molar-refractivity contribution in [2.24, 2.45) is 5.92 Å². The number of carbonyl (C=O) groups excluding carboxylic acids is 4. The number of imidazole rings is 2. The quantitative estimate of drug-likeness (QED) is 0.119. The van der Waals surface area contributed by atoms with Gasteiger partial charge in [-0.2, -0.15) is 0 Å². The molecule has 5 N–H and O–H groups in total. The Morgan fingerprint density at radius 2 is 1.46 bits per heavy atom. The molecular weight excluding hydrogens is 757 g/mol. The van der Waals surface area contributed by atoms with E-state index in [1.54, 1.807) is 23.5 Å². The van der Waals surface area contributed by atoms with E-state index in [-0.39, 0.29) is 17.9 Å². The van der Waals surface area contributed by atoms with Gasteiger partial charge in [-0.3, -0.25) is 19.6 Å². The van der Waals surface area contributed by atoms with Gasteiger partial charge in [0, 0.05) is 24.2 Å². The van der Waals surface area contributed by atoms with E-state index in [2.05, 4.69) is 30.3 Å². The van der Waals surface area contributed by atoms with Crippen LogP contribution in [0.4, 0.5) is 9.59 Å². The average molecular weight is 807 g/mol. The lowest BCUT2D eigenvalue weighted by Crippen LogP contribution is -2.55. The molecule has 17 nitrogen and oxygen atoms in total. The number of nitrogens with zero attached hydrogens (tertiary/aromatic N) is 6. The summed E-state index contributed by atoms with van der Waals surface area (Å²) < 4.78 is 9.43. The molecule has 2 saturated heterocycles. The zero-order valence-electron chi connectivity index (χ0n) is 34.0. The van der Waals surface area contributed by atoms with Gasteiger partial charge < -0.3 is 45.0 Å². The molecule has 59 heavy (non-hydrogen) atoms. The lowest BCUT2D eigenvalue weighted by Gasteiger charge is -2.37. The van der Waals surface area contributed by atoms with E-state index in [9.17, 15) is 24.3 Å². The molecule has 2 aromatic carbocycles. The molecule has 310 valence electrons. The minimum Gasteiger partial charge on any atom is -0.453 e. The predicted octanol–water partition coefficient (Wildman–Crippen LogP) is 5.06. The zero-order chi connectivity index (χ0) is 42.0. The maximum Gasteiger partial charge on any atom is 0.407 e. The molecule has 5 unspecified atom stereocenters. The first-order valence-electron chi connectivity index (χ1n) is 19.8. The summed E-state index contributed by atoms with van der Waals surface area (Å²) in [4.78, 5) is 80.3. The molecule has 5 aromatic rings. The number of amides is 4.